The number of nitro benzene ring substituents is 1. The Labute approximate surface area is 171 Å². The molecular weight excluding hydrogens is 374 g/mol. The molecule has 0 unspecified atom stereocenters. The highest BCUT2D eigenvalue weighted by atomic mass is 16.6. The van der Waals surface area contributed by atoms with Crippen molar-refractivity contribution in [2.45, 2.75) is 27.2 Å². The molecule has 9 nitrogen and oxygen atoms in total. The van der Waals surface area contributed by atoms with Gasteiger partial charge in [-0.25, -0.2) is 0 Å². The molecule has 0 radical (unpaired) electrons. The number of carbonyl (C=O) groups excluding carboxylic acids is 2. The van der Waals surface area contributed by atoms with Crippen molar-refractivity contribution >= 4 is 23.2 Å². The Kier molecular flexibility index (Phi) is 8.53. The van der Waals surface area contributed by atoms with E-state index in [4.69, 9.17) is 0 Å². The van der Waals surface area contributed by atoms with E-state index in [9.17, 15) is 19.7 Å². The molecule has 1 N–H and O–H groups in total. The number of nitro groups is 1. The minimum atomic E-state index is -0.449. The van der Waals surface area contributed by atoms with Crippen LogP contribution in [0.15, 0.2) is 18.2 Å². The van der Waals surface area contributed by atoms with Crippen LogP contribution in [-0.4, -0.2) is 83.8 Å². The number of likely N-dealkylation sites (N-methyl/N-ethyl adjacent to an activating group) is 1. The normalized spacial score (nSPS) is 15.1. The minimum Gasteiger partial charge on any atom is -0.342 e. The van der Waals surface area contributed by atoms with Crippen molar-refractivity contribution in [2.24, 2.45) is 0 Å². The second-order valence-electron chi connectivity index (χ2n) is 7.19. The first kappa shape index (κ1) is 22.8. The second-order valence-corrected chi connectivity index (χ2v) is 7.19. The van der Waals surface area contributed by atoms with E-state index in [1.165, 1.54) is 6.07 Å². The second kappa shape index (κ2) is 10.9. The van der Waals surface area contributed by atoms with Crippen LogP contribution in [-0.2, 0) is 9.59 Å². The molecule has 2 rings (SSSR count). The third-order valence-electron chi connectivity index (χ3n) is 5.37. The number of hydrogen-bond donors (Lipinski definition) is 1. The van der Waals surface area contributed by atoms with E-state index < -0.39 is 4.92 Å². The number of benzene rings is 1. The van der Waals surface area contributed by atoms with Gasteiger partial charge in [0.05, 0.1) is 22.7 Å². The Balaban J connectivity index is 1.75. The summed E-state index contributed by atoms with van der Waals surface area (Å²) in [6.07, 6.45) is 0.320. The van der Waals surface area contributed by atoms with Crippen LogP contribution in [0.25, 0.3) is 0 Å². The maximum atomic E-state index is 12.3. The fraction of sp³-hybridized carbons (Fsp3) is 0.600. The van der Waals surface area contributed by atoms with Gasteiger partial charge in [-0.1, -0.05) is 6.07 Å². The van der Waals surface area contributed by atoms with Crippen LogP contribution < -0.4 is 5.32 Å². The van der Waals surface area contributed by atoms with E-state index in [-0.39, 0.29) is 17.5 Å². The molecule has 1 saturated heterocycles. The summed E-state index contributed by atoms with van der Waals surface area (Å²) in [7, 11) is 0. The van der Waals surface area contributed by atoms with Crippen molar-refractivity contribution in [3.8, 4) is 0 Å². The van der Waals surface area contributed by atoms with Gasteiger partial charge < -0.3 is 15.1 Å². The summed E-state index contributed by atoms with van der Waals surface area (Å²) in [4.78, 5) is 41.3. The van der Waals surface area contributed by atoms with Crippen molar-refractivity contribution < 1.29 is 14.5 Å². The molecule has 0 aromatic heterocycles. The predicted octanol–water partition coefficient (Wildman–Crippen LogP) is 1.72. The van der Waals surface area contributed by atoms with E-state index in [2.05, 4.69) is 15.1 Å². The van der Waals surface area contributed by atoms with E-state index in [0.717, 1.165) is 39.3 Å². The molecule has 1 aromatic rings. The first-order valence-electron chi connectivity index (χ1n) is 10.1. The molecule has 1 fully saturated rings. The Bertz CT molecular complexity index is 728. The van der Waals surface area contributed by atoms with Gasteiger partial charge in [0.1, 0.15) is 0 Å². The van der Waals surface area contributed by atoms with Crippen LogP contribution in [0.5, 0.6) is 0 Å². The van der Waals surface area contributed by atoms with Gasteiger partial charge in [0.15, 0.2) is 0 Å². The zero-order chi connectivity index (χ0) is 21.4. The molecule has 2 amide bonds. The van der Waals surface area contributed by atoms with E-state index in [1.807, 2.05) is 18.7 Å². The number of nitrogens with zero attached hydrogens (tertiary/aromatic N) is 4. The van der Waals surface area contributed by atoms with E-state index >= 15 is 0 Å². The lowest BCUT2D eigenvalue weighted by molar-refractivity contribution is -0.385. The maximum absolute atomic E-state index is 12.3. The molecule has 9 heteroatoms. The van der Waals surface area contributed by atoms with Crippen molar-refractivity contribution in [3.05, 3.63) is 33.9 Å². The van der Waals surface area contributed by atoms with Crippen molar-refractivity contribution in [2.75, 3.05) is 57.7 Å². The predicted molar refractivity (Wildman–Crippen MR) is 112 cm³/mol. The lowest BCUT2D eigenvalue weighted by Crippen LogP contribution is -2.50. The summed E-state index contributed by atoms with van der Waals surface area (Å²) in [5.74, 6) is 0.00268. The highest BCUT2D eigenvalue weighted by molar-refractivity contribution is 5.92. The van der Waals surface area contributed by atoms with Crippen molar-refractivity contribution in [1.82, 2.24) is 14.7 Å². The average Bonchev–Trinajstić information content (AvgIpc) is 2.69. The number of rotatable bonds is 9. The van der Waals surface area contributed by atoms with Crippen molar-refractivity contribution in [3.63, 3.8) is 0 Å². The lowest BCUT2D eigenvalue weighted by atomic mass is 10.1. The molecule has 1 aromatic carbocycles. The molecule has 0 atom stereocenters. The monoisotopic (exact) mass is 405 g/mol. The molecule has 29 heavy (non-hydrogen) atoms. The molecule has 1 aliphatic rings. The summed E-state index contributed by atoms with van der Waals surface area (Å²) in [5.41, 5.74) is 0.930. The van der Waals surface area contributed by atoms with Gasteiger partial charge in [-0.3, -0.25) is 24.6 Å². The zero-order valence-corrected chi connectivity index (χ0v) is 17.5. The minimum absolute atomic E-state index is 0.00168. The summed E-state index contributed by atoms with van der Waals surface area (Å²) < 4.78 is 0. The van der Waals surface area contributed by atoms with Gasteiger partial charge in [0.25, 0.3) is 5.69 Å². The molecule has 0 bridgehead atoms. The fourth-order valence-electron chi connectivity index (χ4n) is 3.47. The van der Waals surface area contributed by atoms with Gasteiger partial charge in [-0.2, -0.15) is 0 Å². The van der Waals surface area contributed by atoms with Crippen LogP contribution in [0.4, 0.5) is 11.4 Å². The molecule has 1 aliphatic heterocycles. The Morgan fingerprint density at radius 2 is 1.76 bits per heavy atom. The Hall–Kier alpha value is -2.52. The SMILES string of the molecule is CCN(CC)C(=O)CN1CCN(CCC(=O)Nc2cccc([N+](=O)[O-])c2C)CC1. The summed E-state index contributed by atoms with van der Waals surface area (Å²) in [6.45, 7) is 11.4. The highest BCUT2D eigenvalue weighted by Gasteiger charge is 2.21. The number of anilines is 1. The van der Waals surface area contributed by atoms with Crippen molar-refractivity contribution in [1.29, 1.82) is 0 Å². The van der Waals surface area contributed by atoms with E-state index in [0.29, 0.717) is 30.8 Å². The highest BCUT2D eigenvalue weighted by Crippen LogP contribution is 2.25. The largest absolute Gasteiger partial charge is 0.342 e. The molecule has 0 spiro atoms. The third-order valence-corrected chi connectivity index (χ3v) is 5.37. The van der Waals surface area contributed by atoms with Gasteiger partial charge in [-0.05, 0) is 26.8 Å². The number of piperazine rings is 1. The van der Waals surface area contributed by atoms with Crippen LogP contribution in [0.3, 0.4) is 0 Å². The molecule has 0 saturated carbocycles. The molecule has 0 aliphatic carbocycles. The van der Waals surface area contributed by atoms with Gasteiger partial charge in [0, 0.05) is 58.3 Å². The van der Waals surface area contributed by atoms with E-state index in [1.54, 1.807) is 19.1 Å². The summed E-state index contributed by atoms with van der Waals surface area (Å²) in [6, 6.07) is 4.67. The van der Waals surface area contributed by atoms with Crippen LogP contribution in [0, 0.1) is 17.0 Å². The third kappa shape index (κ3) is 6.50. The molecular formula is C20H31N5O4. The van der Waals surface area contributed by atoms with Crippen LogP contribution >= 0.6 is 0 Å². The van der Waals surface area contributed by atoms with Gasteiger partial charge in [-0.15, -0.1) is 0 Å². The lowest BCUT2D eigenvalue weighted by Gasteiger charge is -2.35. The first-order valence-corrected chi connectivity index (χ1v) is 10.1. The maximum Gasteiger partial charge on any atom is 0.274 e. The Morgan fingerprint density at radius 3 is 2.34 bits per heavy atom. The van der Waals surface area contributed by atoms with Crippen LogP contribution in [0.1, 0.15) is 25.8 Å². The quantitative estimate of drug-likeness (QED) is 0.496. The van der Waals surface area contributed by atoms with Crippen LogP contribution in [0.2, 0.25) is 0 Å². The molecule has 1 heterocycles. The summed E-state index contributed by atoms with van der Waals surface area (Å²) in [5, 5.41) is 13.8. The number of carbonyl (C=O) groups is 2. The number of amides is 2. The zero-order valence-electron chi connectivity index (χ0n) is 17.5. The smallest absolute Gasteiger partial charge is 0.274 e. The number of hydrogen-bond acceptors (Lipinski definition) is 6. The topological polar surface area (TPSA) is 99.0 Å². The Morgan fingerprint density at radius 1 is 1.14 bits per heavy atom. The average molecular weight is 405 g/mol. The summed E-state index contributed by atoms with van der Waals surface area (Å²) >= 11 is 0. The fourth-order valence-corrected chi connectivity index (χ4v) is 3.47. The van der Waals surface area contributed by atoms with Gasteiger partial charge >= 0.3 is 0 Å². The first-order chi connectivity index (χ1) is 13.8. The standard InChI is InChI=1S/C20H31N5O4/c1-4-24(5-2)20(27)15-23-13-11-22(12-14-23)10-9-19(26)21-17-7-6-8-18(16(17)3)25(28)29/h6-8H,4-5,9-15H2,1-3H3,(H,21,26). The molecule has 160 valence electrons. The van der Waals surface area contributed by atoms with Gasteiger partial charge in [0.2, 0.25) is 11.8 Å². The number of nitrogens with one attached hydrogen (secondary N) is 1.